The van der Waals surface area contributed by atoms with Gasteiger partial charge in [-0.15, -0.1) is 11.8 Å². The Morgan fingerprint density at radius 3 is 2.93 bits per heavy atom. The van der Waals surface area contributed by atoms with Gasteiger partial charge in [-0.05, 0) is 37.1 Å². The van der Waals surface area contributed by atoms with E-state index in [1.165, 1.54) is 0 Å². The van der Waals surface area contributed by atoms with Gasteiger partial charge in [-0.25, -0.2) is 4.98 Å². The first-order valence-electron chi connectivity index (χ1n) is 5.22. The van der Waals surface area contributed by atoms with Crippen LogP contribution in [0.4, 0.5) is 0 Å². The Morgan fingerprint density at radius 1 is 1.53 bits per heavy atom. The summed E-state index contributed by atoms with van der Waals surface area (Å²) in [6.07, 6.45) is 4.98. The van der Waals surface area contributed by atoms with Gasteiger partial charge >= 0.3 is 0 Å². The second-order valence-corrected chi connectivity index (χ2v) is 5.03. The summed E-state index contributed by atoms with van der Waals surface area (Å²) >= 11 is 7.50. The Kier molecular flexibility index (Phi) is 6.06. The highest BCUT2D eigenvalue weighted by Gasteiger charge is 2.00. The summed E-state index contributed by atoms with van der Waals surface area (Å²) in [6.45, 7) is 2.12. The molecule has 0 fully saturated rings. The summed E-state index contributed by atoms with van der Waals surface area (Å²) in [5, 5.41) is 1.72. The number of halogens is 1. The van der Waals surface area contributed by atoms with E-state index in [0.717, 1.165) is 30.0 Å². The summed E-state index contributed by atoms with van der Waals surface area (Å²) in [5.41, 5.74) is 5.83. The van der Waals surface area contributed by atoms with Crippen LogP contribution in [0.5, 0.6) is 0 Å². The Morgan fingerprint density at radius 2 is 2.33 bits per heavy atom. The van der Waals surface area contributed by atoms with Gasteiger partial charge in [0.25, 0.3) is 0 Å². The van der Waals surface area contributed by atoms with Gasteiger partial charge in [-0.2, -0.15) is 0 Å². The molecule has 0 saturated carbocycles. The smallest absolute Gasteiger partial charge is 0.0960 e. The van der Waals surface area contributed by atoms with E-state index < -0.39 is 0 Å². The zero-order valence-corrected chi connectivity index (χ0v) is 10.5. The fraction of sp³-hybridized carbons (Fsp3) is 0.545. The Balaban J connectivity index is 2.17. The van der Waals surface area contributed by atoms with Crippen molar-refractivity contribution in [2.24, 2.45) is 5.73 Å². The molecule has 0 saturated heterocycles. The van der Waals surface area contributed by atoms with Crippen LogP contribution in [0.25, 0.3) is 0 Å². The van der Waals surface area contributed by atoms with Gasteiger partial charge in [-0.1, -0.05) is 18.5 Å². The predicted molar refractivity (Wildman–Crippen MR) is 67.5 cm³/mol. The first kappa shape index (κ1) is 12.8. The van der Waals surface area contributed by atoms with E-state index >= 15 is 0 Å². The van der Waals surface area contributed by atoms with E-state index in [2.05, 4.69) is 11.9 Å². The van der Waals surface area contributed by atoms with E-state index in [1.54, 1.807) is 18.0 Å². The molecule has 2 N–H and O–H groups in total. The van der Waals surface area contributed by atoms with Gasteiger partial charge in [0.2, 0.25) is 0 Å². The molecule has 1 heterocycles. The van der Waals surface area contributed by atoms with Gasteiger partial charge in [0.05, 0.1) is 10.0 Å². The van der Waals surface area contributed by atoms with Crippen LogP contribution < -0.4 is 5.73 Å². The van der Waals surface area contributed by atoms with Crippen molar-refractivity contribution >= 4 is 23.4 Å². The van der Waals surface area contributed by atoms with E-state index in [4.69, 9.17) is 17.3 Å². The third kappa shape index (κ3) is 5.40. The second-order valence-electron chi connectivity index (χ2n) is 3.47. The molecule has 1 aromatic heterocycles. The molecule has 0 aliphatic heterocycles. The van der Waals surface area contributed by atoms with Crippen LogP contribution in [-0.2, 0) is 0 Å². The molecule has 1 aromatic rings. The standard InChI is InChI=1S/C11H17ClN2S/c1-2-10(13)4-3-7-15-11-6-5-9(12)8-14-11/h5-6,8,10H,2-4,7,13H2,1H3. The molecular formula is C11H17ClN2S. The largest absolute Gasteiger partial charge is 0.328 e. The van der Waals surface area contributed by atoms with Gasteiger partial charge < -0.3 is 5.73 Å². The van der Waals surface area contributed by atoms with E-state index in [9.17, 15) is 0 Å². The molecule has 0 bridgehead atoms. The third-order valence-electron chi connectivity index (χ3n) is 2.19. The molecule has 0 amide bonds. The topological polar surface area (TPSA) is 38.9 Å². The maximum atomic E-state index is 5.83. The summed E-state index contributed by atoms with van der Waals surface area (Å²) in [4.78, 5) is 4.21. The lowest BCUT2D eigenvalue weighted by atomic mass is 10.1. The quantitative estimate of drug-likeness (QED) is 0.616. The number of thioether (sulfide) groups is 1. The van der Waals surface area contributed by atoms with Gasteiger partial charge in [0.1, 0.15) is 0 Å². The summed E-state index contributed by atoms with van der Waals surface area (Å²) in [6, 6.07) is 4.17. The van der Waals surface area contributed by atoms with Gasteiger partial charge in [-0.3, -0.25) is 0 Å². The SMILES string of the molecule is CCC(N)CCCSc1ccc(Cl)cn1. The maximum absolute atomic E-state index is 5.83. The highest BCUT2D eigenvalue weighted by Crippen LogP contribution is 2.18. The first-order valence-corrected chi connectivity index (χ1v) is 6.58. The molecule has 0 spiro atoms. The minimum absolute atomic E-state index is 0.351. The van der Waals surface area contributed by atoms with Crippen LogP contribution in [0.15, 0.2) is 23.4 Å². The van der Waals surface area contributed by atoms with Crippen LogP contribution in [0, 0.1) is 0 Å². The normalized spacial score (nSPS) is 12.7. The number of pyridine rings is 1. The van der Waals surface area contributed by atoms with Crippen LogP contribution in [-0.4, -0.2) is 16.8 Å². The molecule has 15 heavy (non-hydrogen) atoms. The fourth-order valence-corrected chi connectivity index (χ4v) is 2.10. The molecule has 0 aliphatic rings. The lowest BCUT2D eigenvalue weighted by molar-refractivity contribution is 0.589. The van der Waals surface area contributed by atoms with Crippen molar-refractivity contribution in [2.75, 3.05) is 5.75 Å². The van der Waals surface area contributed by atoms with E-state index in [0.29, 0.717) is 11.1 Å². The molecule has 1 rings (SSSR count). The van der Waals surface area contributed by atoms with Crippen molar-refractivity contribution < 1.29 is 0 Å². The lowest BCUT2D eigenvalue weighted by Crippen LogP contribution is -2.18. The van der Waals surface area contributed by atoms with Crippen LogP contribution in [0.3, 0.4) is 0 Å². The highest BCUT2D eigenvalue weighted by molar-refractivity contribution is 7.99. The number of nitrogens with two attached hydrogens (primary N) is 1. The summed E-state index contributed by atoms with van der Waals surface area (Å²) < 4.78 is 0. The molecule has 0 aromatic carbocycles. The van der Waals surface area contributed by atoms with Crippen molar-refractivity contribution in [1.82, 2.24) is 4.98 Å². The molecule has 1 atom stereocenters. The van der Waals surface area contributed by atoms with Gasteiger partial charge in [0, 0.05) is 12.2 Å². The molecule has 4 heteroatoms. The van der Waals surface area contributed by atoms with Crippen molar-refractivity contribution in [1.29, 1.82) is 0 Å². The lowest BCUT2D eigenvalue weighted by Gasteiger charge is -2.07. The average Bonchev–Trinajstić information content (AvgIpc) is 2.26. The van der Waals surface area contributed by atoms with Gasteiger partial charge in [0.15, 0.2) is 0 Å². The highest BCUT2D eigenvalue weighted by atomic mass is 35.5. The number of nitrogens with zero attached hydrogens (tertiary/aromatic N) is 1. The minimum Gasteiger partial charge on any atom is -0.328 e. The predicted octanol–water partition coefficient (Wildman–Crippen LogP) is 3.34. The number of hydrogen-bond acceptors (Lipinski definition) is 3. The molecule has 2 nitrogen and oxygen atoms in total. The molecule has 0 aliphatic carbocycles. The number of rotatable bonds is 6. The molecule has 84 valence electrons. The molecule has 1 unspecified atom stereocenters. The van der Waals surface area contributed by atoms with Crippen LogP contribution in [0.2, 0.25) is 5.02 Å². The van der Waals surface area contributed by atoms with Crippen LogP contribution in [0.1, 0.15) is 26.2 Å². The maximum Gasteiger partial charge on any atom is 0.0960 e. The zero-order valence-electron chi connectivity index (χ0n) is 8.95. The molecule has 0 radical (unpaired) electrons. The fourth-order valence-electron chi connectivity index (χ4n) is 1.17. The average molecular weight is 245 g/mol. The number of aromatic nitrogens is 1. The monoisotopic (exact) mass is 244 g/mol. The Bertz CT molecular complexity index is 276. The van der Waals surface area contributed by atoms with Crippen molar-refractivity contribution in [3.05, 3.63) is 23.4 Å². The van der Waals surface area contributed by atoms with Crippen LogP contribution >= 0.6 is 23.4 Å². The van der Waals surface area contributed by atoms with E-state index in [1.807, 2.05) is 12.1 Å². The van der Waals surface area contributed by atoms with Crippen molar-refractivity contribution in [2.45, 2.75) is 37.3 Å². The second kappa shape index (κ2) is 7.09. The summed E-state index contributed by atoms with van der Waals surface area (Å²) in [7, 11) is 0. The number of hydrogen-bond donors (Lipinski definition) is 1. The molecular weight excluding hydrogens is 228 g/mol. The Labute approximate surface area is 101 Å². The Hall–Kier alpha value is -0.250. The zero-order chi connectivity index (χ0) is 11.1. The van der Waals surface area contributed by atoms with E-state index in [-0.39, 0.29) is 0 Å². The first-order chi connectivity index (χ1) is 7.22. The summed E-state index contributed by atoms with van der Waals surface area (Å²) in [5.74, 6) is 1.07. The third-order valence-corrected chi connectivity index (χ3v) is 3.45. The van der Waals surface area contributed by atoms with Crippen molar-refractivity contribution in [3.63, 3.8) is 0 Å². The minimum atomic E-state index is 0.351. The van der Waals surface area contributed by atoms with Crippen molar-refractivity contribution in [3.8, 4) is 0 Å².